The Labute approximate surface area is 185 Å². The number of halogens is 1. The zero-order chi connectivity index (χ0) is 22.7. The third-order valence-electron chi connectivity index (χ3n) is 4.64. The van der Waals surface area contributed by atoms with Crippen LogP contribution in [0.25, 0.3) is 11.3 Å². The van der Waals surface area contributed by atoms with Gasteiger partial charge in [0.25, 0.3) is 0 Å². The number of anilines is 3. The normalized spacial score (nSPS) is 11.4. The Balaban J connectivity index is 1.62. The minimum absolute atomic E-state index is 0.170. The number of aromatic nitrogens is 5. The van der Waals surface area contributed by atoms with Crippen molar-refractivity contribution in [1.82, 2.24) is 24.7 Å². The topological polar surface area (TPSA) is 104 Å². The van der Waals surface area contributed by atoms with E-state index < -0.39 is 5.82 Å². The predicted octanol–water partition coefficient (Wildman–Crippen LogP) is 4.53. The minimum Gasteiger partial charge on any atom is -0.485 e. The molecular weight excluding hydrogens is 409 g/mol. The largest absolute Gasteiger partial charge is 0.485 e. The van der Waals surface area contributed by atoms with Crippen molar-refractivity contribution in [3.63, 3.8) is 0 Å². The molecule has 0 radical (unpaired) electrons. The summed E-state index contributed by atoms with van der Waals surface area (Å²) in [5, 5.41) is 8.08. The summed E-state index contributed by atoms with van der Waals surface area (Å²) in [7, 11) is 0. The van der Waals surface area contributed by atoms with Gasteiger partial charge in [0.05, 0.1) is 35.0 Å². The molecule has 0 fully saturated rings. The number of nitrogens with two attached hydrogens (primary N) is 1. The maximum Gasteiger partial charge on any atom is 0.150 e. The summed E-state index contributed by atoms with van der Waals surface area (Å²) in [6.45, 7) is 6.38. The third-order valence-corrected chi connectivity index (χ3v) is 4.64. The van der Waals surface area contributed by atoms with Crippen LogP contribution in [0, 0.1) is 5.82 Å². The number of rotatable bonds is 6. The fourth-order valence-corrected chi connectivity index (χ4v) is 3.08. The van der Waals surface area contributed by atoms with E-state index in [1.54, 1.807) is 30.7 Å². The summed E-state index contributed by atoms with van der Waals surface area (Å²) in [5.41, 5.74) is 8.51. The number of pyridine rings is 1. The highest BCUT2D eigenvalue weighted by molar-refractivity contribution is 5.70. The zero-order valence-electron chi connectivity index (χ0n) is 18.1. The van der Waals surface area contributed by atoms with E-state index in [0.29, 0.717) is 22.9 Å². The van der Waals surface area contributed by atoms with Gasteiger partial charge in [-0.25, -0.2) is 14.1 Å². The molecule has 0 saturated heterocycles. The van der Waals surface area contributed by atoms with Crippen molar-refractivity contribution in [2.75, 3.05) is 11.1 Å². The maximum absolute atomic E-state index is 13.1. The molecule has 0 aliphatic heterocycles. The van der Waals surface area contributed by atoms with Crippen LogP contribution >= 0.6 is 0 Å². The molecule has 3 aromatic heterocycles. The van der Waals surface area contributed by atoms with Crippen LogP contribution in [-0.2, 0) is 12.1 Å². The summed E-state index contributed by atoms with van der Waals surface area (Å²) in [6, 6.07) is 10.4. The van der Waals surface area contributed by atoms with Crippen LogP contribution in [0.15, 0.2) is 61.2 Å². The molecule has 3 N–H and O–H groups in total. The molecule has 0 spiro atoms. The van der Waals surface area contributed by atoms with E-state index in [2.05, 4.69) is 41.0 Å². The molecule has 4 rings (SSSR count). The van der Waals surface area contributed by atoms with E-state index in [9.17, 15) is 4.39 Å². The quantitative estimate of drug-likeness (QED) is 0.430. The first-order valence-corrected chi connectivity index (χ1v) is 10.1. The smallest absolute Gasteiger partial charge is 0.150 e. The lowest BCUT2D eigenvalue weighted by Gasteiger charge is -2.22. The van der Waals surface area contributed by atoms with Gasteiger partial charge in [0.1, 0.15) is 29.8 Å². The van der Waals surface area contributed by atoms with Gasteiger partial charge in [-0.1, -0.05) is 6.07 Å². The SMILES string of the molecule is CC(C)(C)n1nc(-c2ccc(N)c(OCc3ccc(F)cn3)c2)cc1Nc1cnccn1. The lowest BCUT2D eigenvalue weighted by molar-refractivity contribution is 0.303. The molecule has 4 aromatic rings. The summed E-state index contributed by atoms with van der Waals surface area (Å²) in [4.78, 5) is 12.4. The zero-order valence-corrected chi connectivity index (χ0v) is 18.1. The fraction of sp³-hybridized carbons (Fsp3) is 0.217. The number of ether oxygens (including phenoxy) is 1. The van der Waals surface area contributed by atoms with Crippen molar-refractivity contribution in [2.24, 2.45) is 0 Å². The van der Waals surface area contributed by atoms with Gasteiger partial charge in [0, 0.05) is 24.0 Å². The van der Waals surface area contributed by atoms with Gasteiger partial charge in [0.2, 0.25) is 0 Å². The molecule has 0 unspecified atom stereocenters. The highest BCUT2D eigenvalue weighted by Crippen LogP contribution is 2.32. The van der Waals surface area contributed by atoms with E-state index in [1.165, 1.54) is 6.07 Å². The number of hydrogen-bond acceptors (Lipinski definition) is 7. The Hall–Kier alpha value is -4.01. The lowest BCUT2D eigenvalue weighted by atomic mass is 10.1. The molecule has 32 heavy (non-hydrogen) atoms. The van der Waals surface area contributed by atoms with E-state index in [4.69, 9.17) is 15.6 Å². The van der Waals surface area contributed by atoms with E-state index in [0.717, 1.165) is 23.3 Å². The Morgan fingerprint density at radius 2 is 1.91 bits per heavy atom. The van der Waals surface area contributed by atoms with Crippen molar-refractivity contribution < 1.29 is 9.13 Å². The molecule has 0 amide bonds. The second-order valence-electron chi connectivity index (χ2n) is 8.22. The Kier molecular flexibility index (Phi) is 5.72. The molecule has 0 aliphatic carbocycles. The van der Waals surface area contributed by atoms with Gasteiger partial charge in [0.15, 0.2) is 0 Å². The molecular formula is C23H24FN7O. The van der Waals surface area contributed by atoms with Crippen LogP contribution in [0.1, 0.15) is 26.5 Å². The molecule has 0 aliphatic rings. The number of nitrogens with zero attached hydrogens (tertiary/aromatic N) is 5. The summed E-state index contributed by atoms with van der Waals surface area (Å²) < 4.78 is 20.8. The van der Waals surface area contributed by atoms with Crippen LogP contribution in [0.4, 0.5) is 21.7 Å². The first kappa shape index (κ1) is 21.2. The fourth-order valence-electron chi connectivity index (χ4n) is 3.08. The van der Waals surface area contributed by atoms with Gasteiger partial charge in [-0.05, 0) is 45.0 Å². The summed E-state index contributed by atoms with van der Waals surface area (Å²) in [5.74, 6) is 1.51. The molecule has 9 heteroatoms. The molecule has 3 heterocycles. The van der Waals surface area contributed by atoms with Crippen LogP contribution < -0.4 is 15.8 Å². The predicted molar refractivity (Wildman–Crippen MR) is 121 cm³/mol. The van der Waals surface area contributed by atoms with Crippen LogP contribution in [0.2, 0.25) is 0 Å². The van der Waals surface area contributed by atoms with Gasteiger partial charge in [-0.2, -0.15) is 5.10 Å². The third kappa shape index (κ3) is 4.83. The van der Waals surface area contributed by atoms with E-state index >= 15 is 0 Å². The lowest BCUT2D eigenvalue weighted by Crippen LogP contribution is -2.24. The highest BCUT2D eigenvalue weighted by Gasteiger charge is 2.21. The van der Waals surface area contributed by atoms with Crippen molar-refractivity contribution in [1.29, 1.82) is 0 Å². The summed E-state index contributed by atoms with van der Waals surface area (Å²) in [6.07, 6.45) is 6.05. The van der Waals surface area contributed by atoms with Gasteiger partial charge in [-0.3, -0.25) is 9.97 Å². The van der Waals surface area contributed by atoms with Crippen molar-refractivity contribution in [3.05, 3.63) is 72.7 Å². The second kappa shape index (κ2) is 8.62. The van der Waals surface area contributed by atoms with Gasteiger partial charge >= 0.3 is 0 Å². The average molecular weight is 433 g/mol. The van der Waals surface area contributed by atoms with Gasteiger partial charge in [-0.15, -0.1) is 0 Å². The highest BCUT2D eigenvalue weighted by atomic mass is 19.1. The van der Waals surface area contributed by atoms with E-state index in [1.807, 2.05) is 22.9 Å². The van der Waals surface area contributed by atoms with Crippen LogP contribution in [-0.4, -0.2) is 24.7 Å². The van der Waals surface area contributed by atoms with Gasteiger partial charge < -0.3 is 15.8 Å². The van der Waals surface area contributed by atoms with Crippen LogP contribution in [0.3, 0.4) is 0 Å². The number of nitrogens with one attached hydrogen (secondary N) is 1. The molecule has 1 aromatic carbocycles. The van der Waals surface area contributed by atoms with Crippen LogP contribution in [0.5, 0.6) is 5.75 Å². The van der Waals surface area contributed by atoms with Crippen molar-refractivity contribution in [3.8, 4) is 17.0 Å². The Morgan fingerprint density at radius 1 is 1.06 bits per heavy atom. The number of nitrogen functional groups attached to an aromatic ring is 1. The number of benzene rings is 1. The Bertz CT molecular complexity index is 1200. The monoisotopic (exact) mass is 433 g/mol. The molecule has 8 nitrogen and oxygen atoms in total. The number of hydrogen-bond donors (Lipinski definition) is 2. The van der Waals surface area contributed by atoms with Crippen molar-refractivity contribution >= 4 is 17.3 Å². The molecule has 0 atom stereocenters. The average Bonchev–Trinajstić information content (AvgIpc) is 3.19. The maximum atomic E-state index is 13.1. The summed E-state index contributed by atoms with van der Waals surface area (Å²) >= 11 is 0. The molecule has 0 bridgehead atoms. The van der Waals surface area contributed by atoms with Crippen molar-refractivity contribution in [2.45, 2.75) is 32.9 Å². The minimum atomic E-state index is -0.393. The van der Waals surface area contributed by atoms with E-state index in [-0.39, 0.29) is 12.1 Å². The second-order valence-corrected chi connectivity index (χ2v) is 8.22. The molecule has 0 saturated carbocycles. The standard InChI is InChI=1S/C23H24FN7O/c1-23(2,3)31-22(29-21-13-26-8-9-27-21)11-19(30-31)15-4-7-18(25)20(10-15)32-14-17-6-5-16(24)12-28-17/h4-13H,14,25H2,1-3H3,(H,27,29). The first-order valence-electron chi connectivity index (χ1n) is 10.1. The molecule has 164 valence electrons. The Morgan fingerprint density at radius 3 is 2.59 bits per heavy atom. The first-order chi connectivity index (χ1) is 15.3.